The Balaban J connectivity index is 1.66. The number of likely N-dealkylation sites (tertiary alicyclic amines) is 1. The van der Waals surface area contributed by atoms with Crippen molar-refractivity contribution in [2.24, 2.45) is 0 Å². The molecule has 0 atom stereocenters. The first-order chi connectivity index (χ1) is 12.1. The Hall–Kier alpha value is -1.93. The van der Waals surface area contributed by atoms with Crippen molar-refractivity contribution in [3.8, 4) is 0 Å². The predicted molar refractivity (Wildman–Crippen MR) is 100 cm³/mol. The van der Waals surface area contributed by atoms with Crippen LogP contribution in [0.25, 0.3) is 0 Å². The summed E-state index contributed by atoms with van der Waals surface area (Å²) in [6, 6.07) is 5.53. The van der Waals surface area contributed by atoms with Crippen molar-refractivity contribution < 1.29 is 13.9 Å². The molecule has 1 aromatic carbocycles. The molecule has 0 spiro atoms. The first-order valence-corrected chi connectivity index (χ1v) is 8.84. The normalized spacial score (nSPS) is 14.9. The number of piperidine rings is 1. The van der Waals surface area contributed by atoms with Gasteiger partial charge < -0.3 is 25.6 Å². The third-order valence-corrected chi connectivity index (χ3v) is 4.42. The van der Waals surface area contributed by atoms with Crippen LogP contribution in [0.5, 0.6) is 0 Å². The molecular weight excluding hydrogens is 343 g/mol. The van der Waals surface area contributed by atoms with Crippen molar-refractivity contribution in [3.05, 3.63) is 30.1 Å². The van der Waals surface area contributed by atoms with Crippen LogP contribution in [0.4, 0.5) is 14.9 Å². The van der Waals surface area contributed by atoms with Crippen molar-refractivity contribution >= 4 is 29.0 Å². The van der Waals surface area contributed by atoms with Crippen molar-refractivity contribution in [2.45, 2.75) is 25.3 Å². The molecule has 0 saturated carbocycles. The molecule has 3 N–H and O–H groups in total. The van der Waals surface area contributed by atoms with Gasteiger partial charge in [0.25, 0.3) is 0 Å². The molecule has 6 nitrogen and oxygen atoms in total. The zero-order valence-corrected chi connectivity index (χ0v) is 15.2. The van der Waals surface area contributed by atoms with Gasteiger partial charge in [-0.05, 0) is 55.7 Å². The Bertz CT molecular complexity index is 562. The highest BCUT2D eigenvalue weighted by atomic mass is 32.1. The van der Waals surface area contributed by atoms with Crippen molar-refractivity contribution in [1.82, 2.24) is 15.5 Å². The van der Waals surface area contributed by atoms with E-state index in [-0.39, 0.29) is 17.9 Å². The number of rotatable bonds is 6. The number of thiocarbonyl (C=S) groups is 1. The minimum atomic E-state index is -0.329. The fraction of sp³-hybridized carbons (Fsp3) is 0.529. The number of methoxy groups -OCH3 is 1. The minimum absolute atomic E-state index is 0.105. The van der Waals surface area contributed by atoms with Crippen LogP contribution in [0.1, 0.15) is 19.3 Å². The maximum absolute atomic E-state index is 12.9. The lowest BCUT2D eigenvalue weighted by molar-refractivity contribution is 0.195. The molecule has 2 amide bonds. The molecule has 138 valence electrons. The monoisotopic (exact) mass is 368 g/mol. The van der Waals surface area contributed by atoms with Gasteiger partial charge in [0.05, 0.1) is 0 Å². The number of halogens is 1. The van der Waals surface area contributed by atoms with Crippen LogP contribution in [0.2, 0.25) is 0 Å². The molecule has 1 fully saturated rings. The highest BCUT2D eigenvalue weighted by Gasteiger charge is 2.22. The van der Waals surface area contributed by atoms with Crippen molar-refractivity contribution in [2.75, 3.05) is 38.7 Å². The highest BCUT2D eigenvalue weighted by molar-refractivity contribution is 7.80. The molecule has 0 aromatic heterocycles. The SMILES string of the molecule is COCCCNC(=S)N1CCC(NC(=O)Nc2ccc(F)cc2)CC1. The number of amides is 2. The fourth-order valence-corrected chi connectivity index (χ4v) is 2.92. The minimum Gasteiger partial charge on any atom is -0.385 e. The van der Waals surface area contributed by atoms with Crippen LogP contribution in [-0.2, 0) is 4.74 Å². The number of ether oxygens (including phenoxy) is 1. The smallest absolute Gasteiger partial charge is 0.319 e. The summed E-state index contributed by atoms with van der Waals surface area (Å²) in [6.07, 6.45) is 2.58. The topological polar surface area (TPSA) is 65.6 Å². The van der Waals surface area contributed by atoms with E-state index in [2.05, 4.69) is 20.9 Å². The van der Waals surface area contributed by atoms with E-state index in [1.165, 1.54) is 24.3 Å². The van der Waals surface area contributed by atoms with Gasteiger partial charge in [0.15, 0.2) is 5.11 Å². The van der Waals surface area contributed by atoms with Gasteiger partial charge in [-0.2, -0.15) is 0 Å². The van der Waals surface area contributed by atoms with Gasteiger partial charge in [-0.3, -0.25) is 0 Å². The lowest BCUT2D eigenvalue weighted by Gasteiger charge is -2.34. The Morgan fingerprint density at radius 2 is 2.00 bits per heavy atom. The van der Waals surface area contributed by atoms with Crippen LogP contribution >= 0.6 is 12.2 Å². The summed E-state index contributed by atoms with van der Waals surface area (Å²) in [4.78, 5) is 14.1. The third kappa shape index (κ3) is 6.83. The zero-order valence-electron chi connectivity index (χ0n) is 14.4. The lowest BCUT2D eigenvalue weighted by Crippen LogP contribution is -2.50. The van der Waals surface area contributed by atoms with Crippen LogP contribution in [0.3, 0.4) is 0 Å². The molecule has 1 aromatic rings. The Morgan fingerprint density at radius 3 is 2.64 bits per heavy atom. The summed E-state index contributed by atoms with van der Waals surface area (Å²) < 4.78 is 17.9. The molecule has 2 rings (SSSR count). The number of urea groups is 1. The summed E-state index contributed by atoms with van der Waals surface area (Å²) in [7, 11) is 1.68. The van der Waals surface area contributed by atoms with Crippen LogP contribution in [0.15, 0.2) is 24.3 Å². The Kier molecular flexibility index (Phi) is 7.87. The second-order valence-electron chi connectivity index (χ2n) is 5.94. The highest BCUT2D eigenvalue weighted by Crippen LogP contribution is 2.12. The van der Waals surface area contributed by atoms with Crippen molar-refractivity contribution in [3.63, 3.8) is 0 Å². The van der Waals surface area contributed by atoms with Gasteiger partial charge in [-0.25, -0.2) is 9.18 Å². The lowest BCUT2D eigenvalue weighted by atomic mass is 10.1. The second kappa shape index (κ2) is 10.1. The van der Waals surface area contributed by atoms with E-state index >= 15 is 0 Å². The fourth-order valence-electron chi connectivity index (χ4n) is 2.64. The molecule has 0 bridgehead atoms. The molecule has 1 aliphatic rings. The first-order valence-electron chi connectivity index (χ1n) is 8.43. The van der Waals surface area contributed by atoms with Crippen LogP contribution in [-0.4, -0.2) is 55.4 Å². The largest absolute Gasteiger partial charge is 0.385 e. The summed E-state index contributed by atoms with van der Waals surface area (Å²) >= 11 is 5.39. The summed E-state index contributed by atoms with van der Waals surface area (Å²) in [5.41, 5.74) is 0.567. The molecule has 0 radical (unpaired) electrons. The standard InChI is InChI=1S/C17H25FN4O2S/c1-24-12-2-9-19-17(25)22-10-7-15(8-11-22)21-16(23)20-14-5-3-13(18)4-6-14/h3-6,15H,2,7-12H2,1H3,(H,19,25)(H2,20,21,23). The van der Waals surface area contributed by atoms with E-state index in [4.69, 9.17) is 17.0 Å². The van der Waals surface area contributed by atoms with E-state index in [1.54, 1.807) is 7.11 Å². The number of carbonyl (C=O) groups excluding carboxylic acids is 1. The van der Waals surface area contributed by atoms with E-state index in [0.717, 1.165) is 44.0 Å². The second-order valence-corrected chi connectivity index (χ2v) is 6.33. The molecule has 1 heterocycles. The van der Waals surface area contributed by atoms with Gasteiger partial charge >= 0.3 is 6.03 Å². The Labute approximate surface area is 153 Å². The number of hydrogen-bond donors (Lipinski definition) is 3. The van der Waals surface area contributed by atoms with Gasteiger partial charge in [0.2, 0.25) is 0 Å². The number of nitrogens with one attached hydrogen (secondary N) is 3. The summed E-state index contributed by atoms with van der Waals surface area (Å²) in [5, 5.41) is 9.64. The molecule has 0 aliphatic carbocycles. The number of nitrogens with zero attached hydrogens (tertiary/aromatic N) is 1. The van der Waals surface area contributed by atoms with E-state index in [1.807, 2.05) is 0 Å². The van der Waals surface area contributed by atoms with Crippen LogP contribution < -0.4 is 16.0 Å². The maximum atomic E-state index is 12.9. The predicted octanol–water partition coefficient (Wildman–Crippen LogP) is 2.32. The average Bonchev–Trinajstić information content (AvgIpc) is 2.61. The first kappa shape index (κ1) is 19.4. The number of anilines is 1. The number of benzene rings is 1. The van der Waals surface area contributed by atoms with Crippen molar-refractivity contribution in [1.29, 1.82) is 0 Å². The van der Waals surface area contributed by atoms with E-state index in [9.17, 15) is 9.18 Å². The van der Waals surface area contributed by atoms with Gasteiger partial charge in [-0.15, -0.1) is 0 Å². The molecule has 25 heavy (non-hydrogen) atoms. The number of carbonyl (C=O) groups is 1. The zero-order chi connectivity index (χ0) is 18.1. The summed E-state index contributed by atoms with van der Waals surface area (Å²) in [6.45, 7) is 3.12. The average molecular weight is 368 g/mol. The van der Waals surface area contributed by atoms with Gasteiger partial charge in [0, 0.05) is 45.1 Å². The van der Waals surface area contributed by atoms with Gasteiger partial charge in [0.1, 0.15) is 5.82 Å². The molecule has 1 aliphatic heterocycles. The maximum Gasteiger partial charge on any atom is 0.319 e. The molecule has 0 unspecified atom stereocenters. The quantitative estimate of drug-likeness (QED) is 0.531. The van der Waals surface area contributed by atoms with Crippen LogP contribution in [0, 0.1) is 5.82 Å². The molecule has 8 heteroatoms. The number of hydrogen-bond acceptors (Lipinski definition) is 3. The summed E-state index contributed by atoms with van der Waals surface area (Å²) in [5.74, 6) is -0.329. The Morgan fingerprint density at radius 1 is 1.32 bits per heavy atom. The molecular formula is C17H25FN4O2S. The van der Waals surface area contributed by atoms with Gasteiger partial charge in [-0.1, -0.05) is 0 Å². The van der Waals surface area contributed by atoms with E-state index in [0.29, 0.717) is 12.3 Å². The third-order valence-electron chi connectivity index (χ3n) is 4.02. The molecule has 1 saturated heterocycles. The van der Waals surface area contributed by atoms with E-state index < -0.39 is 0 Å².